The van der Waals surface area contributed by atoms with E-state index in [1.54, 1.807) is 0 Å². The minimum Gasteiger partial charge on any atom is -0.371 e. The molecular weight excluding hydrogens is 571 g/mol. The van der Waals surface area contributed by atoms with Crippen molar-refractivity contribution in [3.63, 3.8) is 0 Å². The molecule has 0 bridgehead atoms. The Hall–Kier alpha value is -5.78. The van der Waals surface area contributed by atoms with Gasteiger partial charge in [0.25, 0.3) is 5.95 Å². The van der Waals surface area contributed by atoms with Crippen molar-refractivity contribution in [3.8, 4) is 28.1 Å². The second kappa shape index (κ2) is 9.36. The Morgan fingerprint density at radius 3 is 2.09 bits per heavy atom. The van der Waals surface area contributed by atoms with E-state index in [0.717, 1.165) is 55.5 Å². The van der Waals surface area contributed by atoms with Gasteiger partial charge in [0, 0.05) is 47.6 Å². The molecule has 10 rings (SSSR count). The van der Waals surface area contributed by atoms with Gasteiger partial charge in [0.2, 0.25) is 0 Å². The zero-order chi connectivity index (χ0) is 29.5. The number of aromatic nitrogens is 2. The van der Waals surface area contributed by atoms with Crippen molar-refractivity contribution in [1.82, 2.24) is 9.97 Å². The SMILES string of the molecule is c1ccc(-c2nc(N3Oc4ccc5ccccc5c4-c4c3c3c5ccccc5sc3c3ccccc43)nc3ccccc23)cc1. The van der Waals surface area contributed by atoms with Gasteiger partial charge in [-0.15, -0.1) is 16.4 Å². The molecule has 9 aromatic rings. The smallest absolute Gasteiger partial charge is 0.265 e. The molecule has 0 N–H and O–H groups in total. The summed E-state index contributed by atoms with van der Waals surface area (Å²) >= 11 is 1.83. The summed E-state index contributed by atoms with van der Waals surface area (Å²) in [5.74, 6) is 1.28. The van der Waals surface area contributed by atoms with Crippen LogP contribution in [0.2, 0.25) is 0 Å². The zero-order valence-electron chi connectivity index (χ0n) is 23.9. The van der Waals surface area contributed by atoms with Crippen LogP contribution in [0.5, 0.6) is 5.75 Å². The van der Waals surface area contributed by atoms with E-state index in [4.69, 9.17) is 14.8 Å². The highest BCUT2D eigenvalue weighted by atomic mass is 32.1. The first-order valence-electron chi connectivity index (χ1n) is 15.0. The molecule has 0 saturated carbocycles. The topological polar surface area (TPSA) is 38.2 Å². The molecule has 0 spiro atoms. The number of hydrogen-bond donors (Lipinski definition) is 0. The molecule has 5 heteroatoms. The van der Waals surface area contributed by atoms with E-state index in [2.05, 4.69) is 109 Å². The molecule has 0 saturated heterocycles. The van der Waals surface area contributed by atoms with Crippen molar-refractivity contribution in [1.29, 1.82) is 0 Å². The summed E-state index contributed by atoms with van der Waals surface area (Å²) < 4.78 is 2.46. The van der Waals surface area contributed by atoms with Gasteiger partial charge in [-0.1, -0.05) is 121 Å². The minimum absolute atomic E-state index is 0.500. The summed E-state index contributed by atoms with van der Waals surface area (Å²) in [6, 6.07) is 48.7. The summed E-state index contributed by atoms with van der Waals surface area (Å²) in [5, 5.41) is 9.98. The molecule has 3 heterocycles. The highest BCUT2D eigenvalue weighted by Gasteiger charge is 2.34. The number of rotatable bonds is 2. The highest BCUT2D eigenvalue weighted by molar-refractivity contribution is 7.26. The van der Waals surface area contributed by atoms with Crippen LogP contribution in [-0.2, 0) is 0 Å². The summed E-state index contributed by atoms with van der Waals surface area (Å²) in [6.07, 6.45) is 0. The predicted molar refractivity (Wildman–Crippen MR) is 188 cm³/mol. The zero-order valence-corrected chi connectivity index (χ0v) is 24.8. The van der Waals surface area contributed by atoms with Gasteiger partial charge in [0.1, 0.15) is 5.69 Å². The van der Waals surface area contributed by atoms with Crippen molar-refractivity contribution >= 4 is 75.6 Å². The Balaban J connectivity index is 1.39. The Labute approximate surface area is 262 Å². The number of hydrogen-bond acceptors (Lipinski definition) is 5. The lowest BCUT2D eigenvalue weighted by Crippen LogP contribution is -2.28. The monoisotopic (exact) mass is 593 g/mol. The van der Waals surface area contributed by atoms with E-state index in [9.17, 15) is 0 Å². The first-order valence-corrected chi connectivity index (χ1v) is 15.8. The van der Waals surface area contributed by atoms with E-state index < -0.39 is 0 Å². The van der Waals surface area contributed by atoms with Crippen LogP contribution in [0.3, 0.4) is 0 Å². The van der Waals surface area contributed by atoms with Gasteiger partial charge in [-0.2, -0.15) is 0 Å². The van der Waals surface area contributed by atoms with Crippen LogP contribution >= 0.6 is 11.3 Å². The molecule has 7 aromatic carbocycles. The summed E-state index contributed by atoms with van der Waals surface area (Å²) in [5.41, 5.74) is 5.97. The second-order valence-corrected chi connectivity index (χ2v) is 12.4. The summed E-state index contributed by atoms with van der Waals surface area (Å²) in [7, 11) is 0. The first-order chi connectivity index (χ1) is 22.3. The summed E-state index contributed by atoms with van der Waals surface area (Å²) in [4.78, 5) is 17.4. The van der Waals surface area contributed by atoms with Crippen molar-refractivity contribution in [2.75, 3.05) is 5.06 Å². The Bertz CT molecular complexity index is 2640. The summed E-state index contributed by atoms with van der Waals surface area (Å²) in [6.45, 7) is 0. The quantitative estimate of drug-likeness (QED) is 0.200. The maximum Gasteiger partial charge on any atom is 0.265 e. The van der Waals surface area contributed by atoms with Gasteiger partial charge in [-0.05, 0) is 34.4 Å². The molecule has 2 aromatic heterocycles. The number of thiophene rings is 1. The largest absolute Gasteiger partial charge is 0.371 e. The highest BCUT2D eigenvalue weighted by Crippen LogP contribution is 2.56. The van der Waals surface area contributed by atoms with Crippen LogP contribution in [0.1, 0.15) is 0 Å². The third-order valence-corrected chi connectivity index (χ3v) is 10.1. The maximum atomic E-state index is 6.98. The van der Waals surface area contributed by atoms with Crippen LogP contribution in [-0.4, -0.2) is 9.97 Å². The fourth-order valence-electron chi connectivity index (χ4n) is 6.92. The van der Waals surface area contributed by atoms with Gasteiger partial charge >= 0.3 is 0 Å². The van der Waals surface area contributed by atoms with Crippen LogP contribution in [0, 0.1) is 0 Å². The van der Waals surface area contributed by atoms with Gasteiger partial charge in [0.15, 0.2) is 5.75 Å². The molecule has 0 fully saturated rings. The molecule has 4 nitrogen and oxygen atoms in total. The van der Waals surface area contributed by atoms with Crippen LogP contribution in [0.15, 0.2) is 140 Å². The van der Waals surface area contributed by atoms with Gasteiger partial charge in [0.05, 0.1) is 11.2 Å². The van der Waals surface area contributed by atoms with E-state index >= 15 is 0 Å². The molecule has 0 aliphatic carbocycles. The predicted octanol–water partition coefficient (Wildman–Crippen LogP) is 11.1. The van der Waals surface area contributed by atoms with E-state index in [0.29, 0.717) is 5.95 Å². The Morgan fingerprint density at radius 2 is 1.22 bits per heavy atom. The molecule has 0 amide bonds. The lowest BCUT2D eigenvalue weighted by Gasteiger charge is -2.33. The second-order valence-electron chi connectivity index (χ2n) is 11.4. The molecular formula is C40H23N3OS. The molecule has 1 aliphatic rings. The molecule has 45 heavy (non-hydrogen) atoms. The van der Waals surface area contributed by atoms with Crippen LogP contribution in [0.4, 0.5) is 11.6 Å². The standard InChI is InChI=1S/C40H23N3OS/c1-2-13-25(14-3-1)37-29-18-8-10-20-31(29)41-40(42-37)43-38-35(34-26-15-5-4-12-24(26)22-23-32(34)44-43)27-16-6-7-17-28(27)39-36(38)30-19-9-11-21-33(30)45-39/h1-23H. The molecule has 1 aliphatic heterocycles. The maximum absolute atomic E-state index is 6.98. The van der Waals surface area contributed by atoms with Crippen molar-refractivity contribution in [2.45, 2.75) is 0 Å². The molecule has 0 unspecified atom stereocenters. The van der Waals surface area contributed by atoms with Crippen LogP contribution in [0.25, 0.3) is 75.0 Å². The number of benzene rings is 7. The van der Waals surface area contributed by atoms with Crippen molar-refractivity contribution < 1.29 is 4.84 Å². The number of anilines is 2. The van der Waals surface area contributed by atoms with Crippen LogP contribution < -0.4 is 9.90 Å². The molecule has 0 atom stereocenters. The minimum atomic E-state index is 0.500. The number of fused-ring (bicyclic) bond motifs is 13. The van der Waals surface area contributed by atoms with Gasteiger partial charge in [-0.25, -0.2) is 9.97 Å². The first kappa shape index (κ1) is 24.6. The number of nitrogens with zero attached hydrogens (tertiary/aromatic N) is 3. The molecule has 210 valence electrons. The van der Waals surface area contributed by atoms with Crippen molar-refractivity contribution in [2.24, 2.45) is 0 Å². The fourth-order valence-corrected chi connectivity index (χ4v) is 8.16. The third kappa shape index (κ3) is 3.53. The van der Waals surface area contributed by atoms with E-state index in [1.165, 1.54) is 30.9 Å². The lowest BCUT2D eigenvalue weighted by molar-refractivity contribution is 0.316. The normalized spacial score (nSPS) is 12.6. The average Bonchev–Trinajstić information content (AvgIpc) is 3.51. The Kier molecular flexibility index (Phi) is 5.12. The Morgan fingerprint density at radius 1 is 0.533 bits per heavy atom. The van der Waals surface area contributed by atoms with Gasteiger partial charge < -0.3 is 4.84 Å². The number of para-hydroxylation sites is 1. The molecule has 0 radical (unpaired) electrons. The average molecular weight is 594 g/mol. The lowest BCUT2D eigenvalue weighted by atomic mass is 9.89. The van der Waals surface area contributed by atoms with E-state index in [-0.39, 0.29) is 0 Å². The third-order valence-electron chi connectivity index (χ3n) is 8.86. The van der Waals surface area contributed by atoms with Gasteiger partial charge in [-0.3, -0.25) is 0 Å². The van der Waals surface area contributed by atoms with E-state index in [1.807, 2.05) is 46.7 Å². The fraction of sp³-hybridized carbons (Fsp3) is 0. The van der Waals surface area contributed by atoms with Crippen molar-refractivity contribution in [3.05, 3.63) is 140 Å².